The van der Waals surface area contributed by atoms with Gasteiger partial charge in [0.15, 0.2) is 6.61 Å². The number of fused-ring (bicyclic) bond motifs is 1. The Bertz CT molecular complexity index is 1010. The van der Waals surface area contributed by atoms with Crippen LogP contribution in [0.5, 0.6) is 17.2 Å². The van der Waals surface area contributed by atoms with Crippen molar-refractivity contribution in [2.24, 2.45) is 0 Å². The molecule has 0 saturated heterocycles. The van der Waals surface area contributed by atoms with Crippen molar-refractivity contribution in [2.75, 3.05) is 13.2 Å². The van der Waals surface area contributed by atoms with Crippen molar-refractivity contribution in [1.82, 2.24) is 5.32 Å². The second kappa shape index (κ2) is 9.08. The highest BCUT2D eigenvalue weighted by Gasteiger charge is 2.11. The summed E-state index contributed by atoms with van der Waals surface area (Å²) in [6.45, 7) is 4.40. The molecule has 1 amide bonds. The van der Waals surface area contributed by atoms with Crippen molar-refractivity contribution in [3.05, 3.63) is 64.5 Å². The van der Waals surface area contributed by atoms with E-state index in [2.05, 4.69) is 12.2 Å². The lowest BCUT2D eigenvalue weighted by molar-refractivity contribution is -0.122. The first-order chi connectivity index (χ1) is 13.6. The van der Waals surface area contributed by atoms with Crippen molar-refractivity contribution >= 4 is 16.9 Å². The maximum atomic E-state index is 12.7. The molecule has 0 spiro atoms. The minimum atomic E-state index is -0.269. The zero-order chi connectivity index (χ0) is 19.9. The second-order valence-electron chi connectivity index (χ2n) is 6.33. The van der Waals surface area contributed by atoms with E-state index < -0.39 is 0 Å². The number of likely N-dealkylation sites (N-methyl/N-ethyl adjacent to an activating group) is 1. The maximum absolute atomic E-state index is 12.7. The number of nitrogens with one attached hydrogen (secondary N) is 1. The fraction of sp³-hybridized carbons (Fsp3) is 0.273. The van der Waals surface area contributed by atoms with Gasteiger partial charge in [0.05, 0.1) is 5.39 Å². The quantitative estimate of drug-likeness (QED) is 0.637. The minimum absolute atomic E-state index is 0.0984. The molecule has 28 heavy (non-hydrogen) atoms. The molecule has 6 nitrogen and oxygen atoms in total. The van der Waals surface area contributed by atoms with Gasteiger partial charge in [0.2, 0.25) is 11.2 Å². The van der Waals surface area contributed by atoms with Crippen LogP contribution in [0.4, 0.5) is 0 Å². The lowest BCUT2D eigenvalue weighted by Gasteiger charge is -2.08. The lowest BCUT2D eigenvalue weighted by Crippen LogP contribution is -2.28. The molecule has 0 radical (unpaired) electrons. The molecule has 0 aliphatic heterocycles. The van der Waals surface area contributed by atoms with Crippen LogP contribution in [0.2, 0.25) is 0 Å². The number of amides is 1. The summed E-state index contributed by atoms with van der Waals surface area (Å²) in [5, 5.41) is 3.03. The summed E-state index contributed by atoms with van der Waals surface area (Å²) < 4.78 is 16.7. The van der Waals surface area contributed by atoms with Crippen LogP contribution in [0, 0.1) is 0 Å². The largest absolute Gasteiger partial charge is 0.484 e. The molecule has 3 aromatic rings. The van der Waals surface area contributed by atoms with Gasteiger partial charge in [-0.05, 0) is 43.2 Å². The summed E-state index contributed by atoms with van der Waals surface area (Å²) >= 11 is 0. The first-order valence-corrected chi connectivity index (χ1v) is 9.32. The second-order valence-corrected chi connectivity index (χ2v) is 6.33. The molecule has 0 aliphatic carbocycles. The standard InChI is InChI=1S/C22H23NO5/c1-3-5-15-6-8-16(9-7-15)28-20-13-27-19-12-17(10-11-18(19)22(20)25)26-14-21(24)23-4-2/h6-13H,3-5,14H2,1-2H3,(H,23,24). The lowest BCUT2D eigenvalue weighted by atomic mass is 10.1. The van der Waals surface area contributed by atoms with Crippen LogP contribution in [0.1, 0.15) is 25.8 Å². The van der Waals surface area contributed by atoms with Crippen LogP contribution >= 0.6 is 0 Å². The zero-order valence-corrected chi connectivity index (χ0v) is 16.0. The van der Waals surface area contributed by atoms with Crippen molar-refractivity contribution in [2.45, 2.75) is 26.7 Å². The van der Waals surface area contributed by atoms with Crippen LogP contribution in [-0.2, 0) is 11.2 Å². The van der Waals surface area contributed by atoms with Crippen LogP contribution in [0.15, 0.2) is 57.9 Å². The van der Waals surface area contributed by atoms with Gasteiger partial charge in [-0.25, -0.2) is 0 Å². The highest BCUT2D eigenvalue weighted by Crippen LogP contribution is 2.24. The molecule has 1 N–H and O–H groups in total. The third-order valence-corrected chi connectivity index (χ3v) is 4.15. The molecule has 2 aromatic carbocycles. The molecule has 1 heterocycles. The Labute approximate surface area is 163 Å². The fourth-order valence-electron chi connectivity index (χ4n) is 2.79. The zero-order valence-electron chi connectivity index (χ0n) is 16.0. The monoisotopic (exact) mass is 381 g/mol. The number of hydrogen-bond donors (Lipinski definition) is 1. The minimum Gasteiger partial charge on any atom is -0.484 e. The maximum Gasteiger partial charge on any atom is 0.257 e. The van der Waals surface area contributed by atoms with E-state index in [1.54, 1.807) is 18.2 Å². The molecule has 6 heteroatoms. The molecular formula is C22H23NO5. The van der Waals surface area contributed by atoms with E-state index >= 15 is 0 Å². The molecule has 0 saturated carbocycles. The average Bonchev–Trinajstić information content (AvgIpc) is 2.70. The van der Waals surface area contributed by atoms with Gasteiger partial charge in [-0.15, -0.1) is 0 Å². The summed E-state index contributed by atoms with van der Waals surface area (Å²) in [4.78, 5) is 24.2. The molecule has 0 atom stereocenters. The van der Waals surface area contributed by atoms with E-state index in [-0.39, 0.29) is 23.7 Å². The van der Waals surface area contributed by atoms with Crippen molar-refractivity contribution in [3.63, 3.8) is 0 Å². The highest BCUT2D eigenvalue weighted by molar-refractivity contribution is 5.80. The van der Waals surface area contributed by atoms with Gasteiger partial charge in [-0.2, -0.15) is 0 Å². The number of aryl methyl sites for hydroxylation is 1. The Morgan fingerprint density at radius 1 is 1.07 bits per heavy atom. The summed E-state index contributed by atoms with van der Waals surface area (Å²) in [5.74, 6) is 0.931. The van der Waals surface area contributed by atoms with Crippen LogP contribution in [0.25, 0.3) is 11.0 Å². The van der Waals surface area contributed by atoms with Crippen molar-refractivity contribution in [1.29, 1.82) is 0 Å². The highest BCUT2D eigenvalue weighted by atomic mass is 16.5. The van der Waals surface area contributed by atoms with Gasteiger partial charge in [0.1, 0.15) is 23.3 Å². The molecule has 146 valence electrons. The average molecular weight is 381 g/mol. The van der Waals surface area contributed by atoms with E-state index in [0.717, 1.165) is 12.8 Å². The summed E-state index contributed by atoms with van der Waals surface area (Å²) in [5.41, 5.74) is 1.32. The number of hydrogen-bond acceptors (Lipinski definition) is 5. The smallest absolute Gasteiger partial charge is 0.257 e. The van der Waals surface area contributed by atoms with Gasteiger partial charge in [0, 0.05) is 12.6 Å². The Balaban J connectivity index is 1.76. The predicted molar refractivity (Wildman–Crippen MR) is 107 cm³/mol. The predicted octanol–water partition coefficient (Wildman–Crippen LogP) is 4.05. The Morgan fingerprint density at radius 3 is 2.54 bits per heavy atom. The Kier molecular flexibility index (Phi) is 6.32. The number of ether oxygens (including phenoxy) is 2. The number of carbonyl (C=O) groups is 1. The SMILES string of the molecule is CCCc1ccc(Oc2coc3cc(OCC(=O)NCC)ccc3c2=O)cc1. The number of carbonyl (C=O) groups excluding carboxylic acids is 1. The molecule has 0 unspecified atom stereocenters. The molecule has 0 fully saturated rings. The number of rotatable bonds is 8. The van der Waals surface area contributed by atoms with Crippen LogP contribution in [0.3, 0.4) is 0 Å². The van der Waals surface area contributed by atoms with Crippen molar-refractivity contribution in [3.8, 4) is 17.2 Å². The van der Waals surface area contributed by atoms with Gasteiger partial charge < -0.3 is 19.2 Å². The van der Waals surface area contributed by atoms with Gasteiger partial charge >= 0.3 is 0 Å². The third-order valence-electron chi connectivity index (χ3n) is 4.15. The third kappa shape index (κ3) is 4.71. The van der Waals surface area contributed by atoms with E-state index in [1.165, 1.54) is 11.8 Å². The van der Waals surface area contributed by atoms with E-state index in [9.17, 15) is 9.59 Å². The van der Waals surface area contributed by atoms with Crippen molar-refractivity contribution < 1.29 is 18.7 Å². The molecule has 1 aromatic heterocycles. The summed E-state index contributed by atoms with van der Waals surface area (Å²) in [6.07, 6.45) is 3.37. The molecule has 0 aliphatic rings. The first-order valence-electron chi connectivity index (χ1n) is 9.32. The molecule has 0 bridgehead atoms. The van der Waals surface area contributed by atoms with Gasteiger partial charge in [-0.1, -0.05) is 25.5 Å². The topological polar surface area (TPSA) is 77.8 Å². The first kappa shape index (κ1) is 19.5. The number of benzene rings is 2. The van der Waals surface area contributed by atoms with Crippen LogP contribution < -0.4 is 20.2 Å². The van der Waals surface area contributed by atoms with Gasteiger partial charge in [-0.3, -0.25) is 9.59 Å². The van der Waals surface area contributed by atoms with E-state index in [1.807, 2.05) is 31.2 Å². The summed E-state index contributed by atoms with van der Waals surface area (Å²) in [7, 11) is 0. The summed E-state index contributed by atoms with van der Waals surface area (Å²) in [6, 6.07) is 12.5. The Hall–Kier alpha value is -3.28. The van der Waals surface area contributed by atoms with E-state index in [0.29, 0.717) is 29.0 Å². The Morgan fingerprint density at radius 2 is 1.82 bits per heavy atom. The molecular weight excluding hydrogens is 358 g/mol. The van der Waals surface area contributed by atoms with Gasteiger partial charge in [0.25, 0.3) is 5.91 Å². The normalized spacial score (nSPS) is 10.6. The molecule has 3 rings (SSSR count). The van der Waals surface area contributed by atoms with Crippen LogP contribution in [-0.4, -0.2) is 19.1 Å². The van der Waals surface area contributed by atoms with E-state index in [4.69, 9.17) is 13.9 Å². The fourth-order valence-corrected chi connectivity index (χ4v) is 2.79.